The lowest BCUT2D eigenvalue weighted by atomic mass is 10.1. The maximum atomic E-state index is 13.8. The summed E-state index contributed by atoms with van der Waals surface area (Å²) in [6.45, 7) is 2.07. The van der Waals surface area contributed by atoms with Gasteiger partial charge in [-0.05, 0) is 33.6 Å². The number of nitrogens with zero attached hydrogens (tertiary/aromatic N) is 1. The lowest BCUT2D eigenvalue weighted by Gasteiger charge is -2.12. The van der Waals surface area contributed by atoms with Gasteiger partial charge < -0.3 is 15.2 Å². The van der Waals surface area contributed by atoms with E-state index < -0.39 is 5.82 Å². The first-order chi connectivity index (χ1) is 11.9. The van der Waals surface area contributed by atoms with Crippen molar-refractivity contribution in [3.05, 3.63) is 58.1 Å². The van der Waals surface area contributed by atoms with Gasteiger partial charge in [0, 0.05) is 25.1 Å². The number of rotatable bonds is 7. The summed E-state index contributed by atoms with van der Waals surface area (Å²) in [5.41, 5.74) is 1.32. The molecule has 0 aliphatic rings. The molecule has 1 aromatic heterocycles. The highest BCUT2D eigenvalue weighted by atomic mass is 79.9. The minimum atomic E-state index is -0.574. The second-order valence-corrected chi connectivity index (χ2v) is 5.96. The number of methoxy groups -OCH3 is 1. The van der Waals surface area contributed by atoms with E-state index in [1.54, 1.807) is 14.0 Å². The molecule has 1 heterocycles. The number of ketones is 1. The standard InChI is InChI=1S/C18H18BrFN2O3/c1-3-12(23)8-16(24)17-15(9-14(20)18(19)22-17)21-10-11-4-6-13(25-2)7-5-11/h4-9,21,24H,3,10H2,1-2H3. The smallest absolute Gasteiger partial charge is 0.159 e. The van der Waals surface area contributed by atoms with Gasteiger partial charge in [-0.3, -0.25) is 4.79 Å². The van der Waals surface area contributed by atoms with Crippen molar-refractivity contribution in [2.24, 2.45) is 0 Å². The number of aromatic nitrogens is 1. The quantitative estimate of drug-likeness (QED) is 0.401. The van der Waals surface area contributed by atoms with Crippen LogP contribution >= 0.6 is 15.9 Å². The van der Waals surface area contributed by atoms with Gasteiger partial charge in [-0.1, -0.05) is 19.1 Å². The van der Waals surface area contributed by atoms with Crippen LogP contribution in [0.2, 0.25) is 0 Å². The first kappa shape index (κ1) is 18.9. The number of benzene rings is 1. The lowest BCUT2D eigenvalue weighted by Crippen LogP contribution is -2.06. The summed E-state index contributed by atoms with van der Waals surface area (Å²) >= 11 is 2.99. The maximum absolute atomic E-state index is 13.8. The number of nitrogens with one attached hydrogen (secondary N) is 1. The third kappa shape index (κ3) is 5.03. The zero-order chi connectivity index (χ0) is 18.4. The summed E-state index contributed by atoms with van der Waals surface area (Å²) in [7, 11) is 1.59. The van der Waals surface area contributed by atoms with E-state index in [1.165, 1.54) is 6.07 Å². The van der Waals surface area contributed by atoms with Gasteiger partial charge in [0.2, 0.25) is 0 Å². The summed E-state index contributed by atoms with van der Waals surface area (Å²) in [5.74, 6) is -0.402. The molecule has 0 fully saturated rings. The summed E-state index contributed by atoms with van der Waals surface area (Å²) in [6, 6.07) is 8.58. The van der Waals surface area contributed by atoms with Crippen LogP contribution in [0.5, 0.6) is 5.75 Å². The van der Waals surface area contributed by atoms with Crippen LogP contribution in [0, 0.1) is 5.82 Å². The monoisotopic (exact) mass is 408 g/mol. The lowest BCUT2D eigenvalue weighted by molar-refractivity contribution is -0.114. The number of aliphatic hydroxyl groups is 1. The van der Waals surface area contributed by atoms with Crippen molar-refractivity contribution in [3.8, 4) is 5.75 Å². The molecular weight excluding hydrogens is 391 g/mol. The average molecular weight is 409 g/mol. The van der Waals surface area contributed by atoms with Crippen LogP contribution in [0.4, 0.5) is 10.1 Å². The molecule has 7 heteroatoms. The Morgan fingerprint density at radius 2 is 2.08 bits per heavy atom. The summed E-state index contributed by atoms with van der Waals surface area (Å²) in [4.78, 5) is 15.5. The Bertz CT molecular complexity index is 792. The predicted octanol–water partition coefficient (Wildman–Crippen LogP) is 4.48. The second kappa shape index (κ2) is 8.62. The third-order valence-corrected chi connectivity index (χ3v) is 4.02. The zero-order valence-electron chi connectivity index (χ0n) is 13.8. The van der Waals surface area contributed by atoms with E-state index in [9.17, 15) is 14.3 Å². The van der Waals surface area contributed by atoms with Gasteiger partial charge in [0.05, 0.1) is 12.8 Å². The normalized spacial score (nSPS) is 11.3. The molecule has 0 aliphatic heterocycles. The largest absolute Gasteiger partial charge is 0.505 e. The van der Waals surface area contributed by atoms with Gasteiger partial charge in [-0.15, -0.1) is 0 Å². The summed E-state index contributed by atoms with van der Waals surface area (Å²) in [5, 5.41) is 13.2. The van der Waals surface area contributed by atoms with Crippen molar-refractivity contribution in [1.29, 1.82) is 0 Å². The van der Waals surface area contributed by atoms with Crippen LogP contribution in [0.25, 0.3) is 5.76 Å². The Morgan fingerprint density at radius 1 is 1.40 bits per heavy atom. The summed E-state index contributed by atoms with van der Waals surface area (Å²) < 4.78 is 18.9. The number of hydrogen-bond donors (Lipinski definition) is 2. The SMILES string of the molecule is CCC(=O)C=C(O)c1nc(Br)c(F)cc1NCc1ccc(OC)cc1. The molecule has 0 saturated carbocycles. The molecule has 0 bridgehead atoms. The fraction of sp³-hybridized carbons (Fsp3) is 0.222. The predicted molar refractivity (Wildman–Crippen MR) is 98.1 cm³/mol. The number of carbonyl (C=O) groups is 1. The van der Waals surface area contributed by atoms with Crippen LogP contribution in [-0.4, -0.2) is 23.0 Å². The fourth-order valence-corrected chi connectivity index (χ4v) is 2.35. The molecule has 1 aromatic carbocycles. The van der Waals surface area contributed by atoms with Gasteiger partial charge >= 0.3 is 0 Å². The highest BCUT2D eigenvalue weighted by Gasteiger charge is 2.14. The van der Waals surface area contributed by atoms with Gasteiger partial charge in [0.15, 0.2) is 11.6 Å². The van der Waals surface area contributed by atoms with Crippen LogP contribution in [0.1, 0.15) is 24.6 Å². The molecule has 2 aromatic rings. The highest BCUT2D eigenvalue weighted by Crippen LogP contribution is 2.26. The number of carbonyl (C=O) groups excluding carboxylic acids is 1. The minimum absolute atomic E-state index is 0.0404. The van der Waals surface area contributed by atoms with Crippen LogP contribution < -0.4 is 10.1 Å². The molecule has 25 heavy (non-hydrogen) atoms. The van der Waals surface area contributed by atoms with E-state index >= 15 is 0 Å². The van der Waals surface area contributed by atoms with Gasteiger partial charge in [0.1, 0.15) is 21.8 Å². The molecular formula is C18H18BrFN2O3. The molecule has 2 rings (SSSR count). The van der Waals surface area contributed by atoms with Crippen molar-refractivity contribution in [2.45, 2.75) is 19.9 Å². The first-order valence-corrected chi connectivity index (χ1v) is 8.40. The van der Waals surface area contributed by atoms with Gasteiger partial charge in [-0.2, -0.15) is 0 Å². The topological polar surface area (TPSA) is 71.5 Å². The molecule has 0 atom stereocenters. The van der Waals surface area contributed by atoms with E-state index in [4.69, 9.17) is 4.74 Å². The number of allylic oxidation sites excluding steroid dienone is 1. The molecule has 132 valence electrons. The number of ether oxygens (including phenoxy) is 1. The zero-order valence-corrected chi connectivity index (χ0v) is 15.4. The van der Waals surface area contributed by atoms with E-state index in [0.29, 0.717) is 6.54 Å². The second-order valence-electron chi connectivity index (χ2n) is 5.21. The molecule has 0 spiro atoms. The van der Waals surface area contributed by atoms with Crippen LogP contribution in [0.3, 0.4) is 0 Å². The van der Waals surface area contributed by atoms with Crippen molar-refractivity contribution >= 4 is 33.2 Å². The van der Waals surface area contributed by atoms with Crippen molar-refractivity contribution < 1.29 is 19.0 Å². The maximum Gasteiger partial charge on any atom is 0.159 e. The van der Waals surface area contributed by atoms with E-state index in [-0.39, 0.29) is 33.9 Å². The Labute approximate surface area is 153 Å². The molecule has 0 amide bonds. The minimum Gasteiger partial charge on any atom is -0.505 e. The molecule has 5 nitrogen and oxygen atoms in total. The molecule has 0 saturated heterocycles. The number of pyridine rings is 1. The fourth-order valence-electron chi connectivity index (χ4n) is 2.06. The molecule has 2 N–H and O–H groups in total. The van der Waals surface area contributed by atoms with E-state index in [2.05, 4.69) is 26.2 Å². The summed E-state index contributed by atoms with van der Waals surface area (Å²) in [6.07, 6.45) is 1.34. The van der Waals surface area contributed by atoms with Gasteiger partial charge in [-0.25, -0.2) is 9.37 Å². The number of halogens is 2. The number of anilines is 1. The first-order valence-electron chi connectivity index (χ1n) is 7.61. The number of hydrogen-bond acceptors (Lipinski definition) is 5. The average Bonchev–Trinajstić information content (AvgIpc) is 2.62. The molecule has 0 radical (unpaired) electrons. The number of aliphatic hydroxyl groups excluding tert-OH is 1. The van der Waals surface area contributed by atoms with Crippen LogP contribution in [0.15, 0.2) is 41.0 Å². The Hall–Kier alpha value is -2.41. The molecule has 0 aliphatic carbocycles. The van der Waals surface area contributed by atoms with Crippen molar-refractivity contribution in [3.63, 3.8) is 0 Å². The Balaban J connectivity index is 2.27. The van der Waals surface area contributed by atoms with E-state index in [1.807, 2.05) is 24.3 Å². The highest BCUT2D eigenvalue weighted by molar-refractivity contribution is 9.10. The third-order valence-electron chi connectivity index (χ3n) is 3.46. The Morgan fingerprint density at radius 3 is 2.68 bits per heavy atom. The molecule has 0 unspecified atom stereocenters. The van der Waals surface area contributed by atoms with Crippen molar-refractivity contribution in [2.75, 3.05) is 12.4 Å². The van der Waals surface area contributed by atoms with Crippen LogP contribution in [-0.2, 0) is 11.3 Å². The van der Waals surface area contributed by atoms with Gasteiger partial charge in [0.25, 0.3) is 0 Å². The van der Waals surface area contributed by atoms with E-state index in [0.717, 1.165) is 17.4 Å². The van der Waals surface area contributed by atoms with Crippen molar-refractivity contribution in [1.82, 2.24) is 4.98 Å². The Kier molecular flexibility index (Phi) is 6.52.